The molecule has 0 aromatic rings. The standard InChI is InChI=1S/C3H4O4.C3H6O3/c4-2(5)1-3(6)7;1-2(4)3(5)6/h1H2,(H,4,5)(H,6,7);2,4H,1H3,(H,5,6)/t;2-/m.0/s1. The normalized spacial score (nSPS) is 10.6. The zero-order chi connectivity index (χ0) is 11.0. The minimum atomic E-state index is -1.31. The van der Waals surface area contributed by atoms with Crippen molar-refractivity contribution in [2.24, 2.45) is 0 Å². The average Bonchev–Trinajstić information content (AvgIpc) is 1.84. The molecule has 0 aliphatic heterocycles. The highest BCUT2D eigenvalue weighted by molar-refractivity contribution is 5.88. The molecule has 0 spiro atoms. The van der Waals surface area contributed by atoms with Crippen molar-refractivity contribution in [1.29, 1.82) is 0 Å². The van der Waals surface area contributed by atoms with Crippen LogP contribution in [0.4, 0.5) is 0 Å². The van der Waals surface area contributed by atoms with Crippen LogP contribution in [0, 0.1) is 0 Å². The van der Waals surface area contributed by atoms with Crippen molar-refractivity contribution in [3.05, 3.63) is 0 Å². The Morgan fingerprint density at radius 2 is 1.31 bits per heavy atom. The van der Waals surface area contributed by atoms with E-state index in [1.807, 2.05) is 0 Å². The van der Waals surface area contributed by atoms with Gasteiger partial charge in [-0.05, 0) is 6.92 Å². The third-order valence-corrected chi connectivity index (χ3v) is 0.660. The molecule has 4 N–H and O–H groups in total. The Labute approximate surface area is 73.2 Å². The Hall–Kier alpha value is -1.63. The molecule has 0 rings (SSSR count). The molecule has 0 saturated carbocycles. The maximum absolute atomic E-state index is 9.45. The molecule has 0 aliphatic carbocycles. The number of carboxylic acid groups (broad SMARTS) is 3. The molecular weight excluding hydrogens is 184 g/mol. The quantitative estimate of drug-likeness (QED) is 0.423. The van der Waals surface area contributed by atoms with Gasteiger partial charge in [-0.3, -0.25) is 9.59 Å². The molecule has 0 aromatic heterocycles. The van der Waals surface area contributed by atoms with E-state index in [2.05, 4.69) is 0 Å². The van der Waals surface area contributed by atoms with Crippen molar-refractivity contribution >= 4 is 17.9 Å². The van der Waals surface area contributed by atoms with E-state index in [0.29, 0.717) is 0 Å². The molecule has 0 bridgehead atoms. The SMILES string of the molecule is C[C@H](O)C(=O)O.O=C(O)CC(=O)O. The van der Waals surface area contributed by atoms with Crippen LogP contribution in [0.3, 0.4) is 0 Å². The molecular formula is C6H10O7. The minimum absolute atomic E-state index is 0.806. The van der Waals surface area contributed by atoms with Crippen LogP contribution >= 0.6 is 0 Å². The zero-order valence-corrected chi connectivity index (χ0v) is 6.80. The van der Waals surface area contributed by atoms with E-state index in [-0.39, 0.29) is 0 Å². The molecule has 76 valence electrons. The summed E-state index contributed by atoms with van der Waals surface area (Å²) in [5, 5.41) is 31.2. The van der Waals surface area contributed by atoms with Gasteiger partial charge in [0.25, 0.3) is 0 Å². The van der Waals surface area contributed by atoms with Gasteiger partial charge in [-0.1, -0.05) is 0 Å². The molecule has 0 aromatic carbocycles. The van der Waals surface area contributed by atoms with Crippen molar-refractivity contribution in [2.75, 3.05) is 0 Å². The monoisotopic (exact) mass is 194 g/mol. The topological polar surface area (TPSA) is 132 Å². The summed E-state index contributed by atoms with van der Waals surface area (Å²) >= 11 is 0. The first-order valence-electron chi connectivity index (χ1n) is 3.11. The molecule has 0 saturated heterocycles. The molecule has 7 nitrogen and oxygen atoms in total. The summed E-state index contributed by atoms with van der Waals surface area (Å²) in [6.07, 6.45) is -2.04. The molecule has 0 aliphatic rings. The summed E-state index contributed by atoms with van der Waals surface area (Å²) in [6, 6.07) is 0. The maximum atomic E-state index is 9.45. The van der Waals surface area contributed by atoms with Gasteiger partial charge in [-0.25, -0.2) is 4.79 Å². The van der Waals surface area contributed by atoms with E-state index in [0.717, 1.165) is 0 Å². The van der Waals surface area contributed by atoms with Crippen LogP contribution in [-0.4, -0.2) is 44.4 Å². The number of hydrogen-bond donors (Lipinski definition) is 4. The molecule has 0 heterocycles. The van der Waals surface area contributed by atoms with Gasteiger partial charge in [0.05, 0.1) is 0 Å². The third kappa shape index (κ3) is 17.9. The van der Waals surface area contributed by atoms with Crippen molar-refractivity contribution in [3.8, 4) is 0 Å². The van der Waals surface area contributed by atoms with Crippen LogP contribution in [0.5, 0.6) is 0 Å². The van der Waals surface area contributed by atoms with E-state index in [4.69, 9.17) is 20.4 Å². The number of carbonyl (C=O) groups is 3. The van der Waals surface area contributed by atoms with Gasteiger partial charge in [0.1, 0.15) is 12.5 Å². The Morgan fingerprint density at radius 1 is 1.08 bits per heavy atom. The van der Waals surface area contributed by atoms with Crippen molar-refractivity contribution < 1.29 is 34.8 Å². The lowest BCUT2D eigenvalue weighted by Crippen LogP contribution is -2.13. The van der Waals surface area contributed by atoms with E-state index < -0.39 is 30.4 Å². The maximum Gasteiger partial charge on any atom is 0.332 e. The lowest BCUT2D eigenvalue weighted by Gasteiger charge is -1.89. The van der Waals surface area contributed by atoms with Gasteiger partial charge in [-0.2, -0.15) is 0 Å². The largest absolute Gasteiger partial charge is 0.481 e. The van der Waals surface area contributed by atoms with Crippen LogP contribution in [-0.2, 0) is 14.4 Å². The summed E-state index contributed by atoms with van der Waals surface area (Å²) in [5.74, 6) is -3.81. The van der Waals surface area contributed by atoms with Crippen LogP contribution in [0.25, 0.3) is 0 Å². The summed E-state index contributed by atoms with van der Waals surface area (Å²) in [4.78, 5) is 28.3. The van der Waals surface area contributed by atoms with E-state index >= 15 is 0 Å². The van der Waals surface area contributed by atoms with Crippen LogP contribution in [0.2, 0.25) is 0 Å². The van der Waals surface area contributed by atoms with Gasteiger partial charge in [0.2, 0.25) is 0 Å². The van der Waals surface area contributed by atoms with Crippen LogP contribution < -0.4 is 0 Å². The van der Waals surface area contributed by atoms with Gasteiger partial charge in [-0.15, -0.1) is 0 Å². The molecule has 0 radical (unpaired) electrons. The van der Waals surface area contributed by atoms with Gasteiger partial charge in [0, 0.05) is 0 Å². The molecule has 7 heteroatoms. The Morgan fingerprint density at radius 3 is 1.31 bits per heavy atom. The number of rotatable bonds is 3. The second kappa shape index (κ2) is 7.04. The first-order valence-corrected chi connectivity index (χ1v) is 3.11. The fourth-order valence-electron chi connectivity index (χ4n) is 0.129. The lowest BCUT2D eigenvalue weighted by atomic mass is 10.4. The summed E-state index contributed by atoms with van der Waals surface area (Å²) in [7, 11) is 0. The minimum Gasteiger partial charge on any atom is -0.481 e. The number of aliphatic hydroxyl groups excluding tert-OH is 1. The van der Waals surface area contributed by atoms with Gasteiger partial charge >= 0.3 is 17.9 Å². The third-order valence-electron chi connectivity index (χ3n) is 0.660. The van der Waals surface area contributed by atoms with E-state index in [1.165, 1.54) is 6.92 Å². The number of aliphatic hydroxyl groups is 1. The lowest BCUT2D eigenvalue weighted by molar-refractivity contribution is -0.147. The highest BCUT2D eigenvalue weighted by Gasteiger charge is 2.02. The van der Waals surface area contributed by atoms with Crippen LogP contribution in [0.15, 0.2) is 0 Å². The molecule has 13 heavy (non-hydrogen) atoms. The number of hydrogen-bond acceptors (Lipinski definition) is 4. The second-order valence-electron chi connectivity index (χ2n) is 1.98. The molecule has 0 amide bonds. The molecule has 0 unspecified atom stereocenters. The Balaban J connectivity index is 0. The summed E-state index contributed by atoms with van der Waals surface area (Å²) in [6.45, 7) is 1.20. The fourth-order valence-corrected chi connectivity index (χ4v) is 0.129. The summed E-state index contributed by atoms with van der Waals surface area (Å²) < 4.78 is 0. The van der Waals surface area contributed by atoms with Crippen molar-refractivity contribution in [2.45, 2.75) is 19.4 Å². The smallest absolute Gasteiger partial charge is 0.332 e. The van der Waals surface area contributed by atoms with E-state index in [9.17, 15) is 14.4 Å². The van der Waals surface area contributed by atoms with Gasteiger partial charge < -0.3 is 20.4 Å². The Bertz CT molecular complexity index is 183. The Kier molecular flexibility index (Phi) is 7.54. The zero-order valence-electron chi connectivity index (χ0n) is 6.80. The van der Waals surface area contributed by atoms with Crippen molar-refractivity contribution in [1.82, 2.24) is 0 Å². The second-order valence-corrected chi connectivity index (χ2v) is 1.98. The highest BCUT2D eigenvalue weighted by Crippen LogP contribution is 1.74. The predicted molar refractivity (Wildman–Crippen MR) is 39.2 cm³/mol. The average molecular weight is 194 g/mol. The molecule has 0 fully saturated rings. The summed E-state index contributed by atoms with van der Waals surface area (Å²) in [5.41, 5.74) is 0. The first-order chi connectivity index (χ1) is 5.77. The first kappa shape index (κ1) is 13.9. The fraction of sp³-hybridized carbons (Fsp3) is 0.500. The number of carboxylic acids is 3. The number of aliphatic carboxylic acids is 3. The molecule has 1 atom stereocenters. The predicted octanol–water partition coefficient (Wildman–Crippen LogP) is -1.00. The van der Waals surface area contributed by atoms with Crippen molar-refractivity contribution in [3.63, 3.8) is 0 Å². The van der Waals surface area contributed by atoms with Crippen LogP contribution in [0.1, 0.15) is 13.3 Å². The van der Waals surface area contributed by atoms with Gasteiger partial charge in [0.15, 0.2) is 0 Å². The van der Waals surface area contributed by atoms with E-state index in [1.54, 1.807) is 0 Å². The highest BCUT2D eigenvalue weighted by atomic mass is 16.4.